The van der Waals surface area contributed by atoms with Gasteiger partial charge in [0.1, 0.15) is 10.0 Å². The van der Waals surface area contributed by atoms with E-state index in [0.29, 0.717) is 0 Å². The Morgan fingerprint density at radius 1 is 1.10 bits per heavy atom. The lowest BCUT2D eigenvalue weighted by atomic mass is 10.2. The zero-order valence-electron chi connectivity index (χ0n) is 11.0. The zero-order chi connectivity index (χ0) is 13.8. The fourth-order valence-corrected chi connectivity index (χ4v) is 3.52. The van der Waals surface area contributed by atoms with Crippen molar-refractivity contribution >= 4 is 27.8 Å². The van der Waals surface area contributed by atoms with Crippen molar-refractivity contribution in [1.82, 2.24) is 15.2 Å². The van der Waals surface area contributed by atoms with E-state index in [1.54, 1.807) is 22.7 Å². The molecule has 0 amide bonds. The Kier molecular flexibility index (Phi) is 4.03. The maximum Gasteiger partial charge on any atom is 0.205 e. The van der Waals surface area contributed by atoms with Gasteiger partial charge in [-0.1, -0.05) is 41.7 Å². The number of anilines is 1. The third kappa shape index (κ3) is 3.02. The van der Waals surface area contributed by atoms with Crippen LogP contribution in [-0.2, 0) is 6.42 Å². The van der Waals surface area contributed by atoms with Crippen LogP contribution in [0.25, 0.3) is 11.3 Å². The number of hydrogen-bond donors (Lipinski definition) is 1. The predicted octanol–water partition coefficient (Wildman–Crippen LogP) is 3.68. The summed E-state index contributed by atoms with van der Waals surface area (Å²) in [6.45, 7) is 2.91. The highest BCUT2D eigenvalue weighted by molar-refractivity contribution is 7.15. The molecule has 0 bridgehead atoms. The van der Waals surface area contributed by atoms with Gasteiger partial charge in [0.15, 0.2) is 0 Å². The van der Waals surface area contributed by atoms with E-state index in [-0.39, 0.29) is 0 Å². The smallest absolute Gasteiger partial charge is 0.205 e. The fraction of sp³-hybridized carbons (Fsp3) is 0.214. The molecule has 3 rings (SSSR count). The van der Waals surface area contributed by atoms with Gasteiger partial charge in [-0.3, -0.25) is 0 Å². The van der Waals surface area contributed by atoms with Crippen LogP contribution in [0, 0.1) is 0 Å². The van der Waals surface area contributed by atoms with E-state index in [0.717, 1.165) is 39.4 Å². The zero-order valence-corrected chi connectivity index (χ0v) is 12.7. The fourth-order valence-electron chi connectivity index (χ4n) is 1.81. The summed E-state index contributed by atoms with van der Waals surface area (Å²) in [6.07, 6.45) is 0.751. The first-order chi connectivity index (χ1) is 9.85. The number of nitrogens with one attached hydrogen (secondary N) is 1. The number of nitrogens with zero attached hydrogens (tertiary/aromatic N) is 3. The van der Waals surface area contributed by atoms with Crippen molar-refractivity contribution < 1.29 is 0 Å². The first-order valence-corrected chi connectivity index (χ1v) is 8.11. The number of benzene rings is 1. The first-order valence-electron chi connectivity index (χ1n) is 6.41. The molecule has 2 aromatic heterocycles. The molecular formula is C14H14N4S2. The Morgan fingerprint density at radius 3 is 2.75 bits per heavy atom. The lowest BCUT2D eigenvalue weighted by molar-refractivity contribution is 0.990. The van der Waals surface area contributed by atoms with Gasteiger partial charge in [0.2, 0.25) is 5.13 Å². The minimum atomic E-state index is 0.751. The molecule has 0 aliphatic heterocycles. The van der Waals surface area contributed by atoms with Gasteiger partial charge < -0.3 is 5.32 Å². The molecule has 20 heavy (non-hydrogen) atoms. The van der Waals surface area contributed by atoms with Crippen molar-refractivity contribution in [1.29, 1.82) is 0 Å². The van der Waals surface area contributed by atoms with E-state index in [9.17, 15) is 0 Å². The minimum Gasteiger partial charge on any atom is -0.360 e. The average Bonchev–Trinajstić information content (AvgIpc) is 3.11. The van der Waals surface area contributed by atoms with Crippen molar-refractivity contribution in [3.8, 4) is 11.3 Å². The second-order valence-corrected chi connectivity index (χ2v) is 6.21. The molecule has 0 saturated carbocycles. The van der Waals surface area contributed by atoms with Crippen molar-refractivity contribution in [3.05, 3.63) is 45.7 Å². The molecule has 1 aromatic carbocycles. The van der Waals surface area contributed by atoms with Gasteiger partial charge >= 0.3 is 0 Å². The molecule has 0 fully saturated rings. The highest BCUT2D eigenvalue weighted by Gasteiger charge is 2.09. The van der Waals surface area contributed by atoms with Gasteiger partial charge in [0.25, 0.3) is 0 Å². The van der Waals surface area contributed by atoms with E-state index in [1.807, 2.05) is 25.1 Å². The molecular weight excluding hydrogens is 288 g/mol. The average molecular weight is 302 g/mol. The molecule has 2 heterocycles. The van der Waals surface area contributed by atoms with E-state index < -0.39 is 0 Å². The second-order valence-electron chi connectivity index (χ2n) is 4.20. The van der Waals surface area contributed by atoms with Crippen LogP contribution in [-0.4, -0.2) is 21.7 Å². The van der Waals surface area contributed by atoms with E-state index in [1.165, 1.54) is 0 Å². The normalized spacial score (nSPS) is 10.7. The molecule has 6 heteroatoms. The highest BCUT2D eigenvalue weighted by atomic mass is 32.1. The summed E-state index contributed by atoms with van der Waals surface area (Å²) >= 11 is 3.26. The SMILES string of the molecule is CCNc1nnc(Cc2nc(-c3ccccc3)cs2)s1. The Balaban J connectivity index is 1.73. The number of thiazole rings is 1. The lowest BCUT2D eigenvalue weighted by Gasteiger charge is -1.94. The molecule has 3 aromatic rings. The summed E-state index contributed by atoms with van der Waals surface area (Å²) < 4.78 is 0. The molecule has 0 saturated heterocycles. The molecule has 0 spiro atoms. The lowest BCUT2D eigenvalue weighted by Crippen LogP contribution is -1.94. The van der Waals surface area contributed by atoms with Gasteiger partial charge in [-0.15, -0.1) is 21.5 Å². The number of rotatable bonds is 5. The predicted molar refractivity (Wildman–Crippen MR) is 84.4 cm³/mol. The van der Waals surface area contributed by atoms with Crippen molar-refractivity contribution in [3.63, 3.8) is 0 Å². The standard InChI is InChI=1S/C14H14N4S2/c1-2-15-14-18-17-13(20-14)8-12-16-11(9-19-12)10-6-4-3-5-7-10/h3-7,9H,2,8H2,1H3,(H,15,18). The quantitative estimate of drug-likeness (QED) is 0.781. The molecule has 0 radical (unpaired) electrons. The Labute approximate surface area is 125 Å². The van der Waals surface area contributed by atoms with Crippen molar-refractivity contribution in [2.45, 2.75) is 13.3 Å². The molecule has 4 nitrogen and oxygen atoms in total. The third-order valence-corrected chi connectivity index (χ3v) is 4.45. The van der Waals surface area contributed by atoms with Crippen LogP contribution in [0.5, 0.6) is 0 Å². The summed E-state index contributed by atoms with van der Waals surface area (Å²) in [7, 11) is 0. The number of aromatic nitrogens is 3. The van der Waals surface area contributed by atoms with Crippen LogP contribution >= 0.6 is 22.7 Å². The largest absolute Gasteiger partial charge is 0.360 e. The molecule has 1 N–H and O–H groups in total. The second kappa shape index (κ2) is 6.11. The van der Waals surface area contributed by atoms with Crippen LogP contribution < -0.4 is 5.32 Å². The van der Waals surface area contributed by atoms with Crippen LogP contribution in [0.2, 0.25) is 0 Å². The van der Waals surface area contributed by atoms with Gasteiger partial charge in [0.05, 0.1) is 12.1 Å². The van der Waals surface area contributed by atoms with Crippen molar-refractivity contribution in [2.24, 2.45) is 0 Å². The van der Waals surface area contributed by atoms with E-state index >= 15 is 0 Å². The highest BCUT2D eigenvalue weighted by Crippen LogP contribution is 2.24. The third-order valence-electron chi connectivity index (χ3n) is 2.72. The summed E-state index contributed by atoms with van der Waals surface area (Å²) in [4.78, 5) is 4.67. The summed E-state index contributed by atoms with van der Waals surface area (Å²) in [5.74, 6) is 0. The maximum atomic E-state index is 4.67. The van der Waals surface area contributed by atoms with Gasteiger partial charge in [-0.25, -0.2) is 4.98 Å². The molecule has 0 unspecified atom stereocenters. The van der Waals surface area contributed by atoms with Crippen LogP contribution in [0.15, 0.2) is 35.7 Å². The number of hydrogen-bond acceptors (Lipinski definition) is 6. The monoisotopic (exact) mass is 302 g/mol. The molecule has 0 atom stereocenters. The Bertz CT molecular complexity index is 675. The van der Waals surface area contributed by atoms with Gasteiger partial charge in [0, 0.05) is 17.5 Å². The topological polar surface area (TPSA) is 50.7 Å². The Hall–Kier alpha value is -1.79. The summed E-state index contributed by atoms with van der Waals surface area (Å²) in [5.41, 5.74) is 2.18. The van der Waals surface area contributed by atoms with Crippen LogP contribution in [0.4, 0.5) is 5.13 Å². The maximum absolute atomic E-state index is 4.67. The van der Waals surface area contributed by atoms with Crippen molar-refractivity contribution in [2.75, 3.05) is 11.9 Å². The summed E-state index contributed by atoms with van der Waals surface area (Å²) in [6, 6.07) is 10.2. The summed E-state index contributed by atoms with van der Waals surface area (Å²) in [5, 5.41) is 16.5. The van der Waals surface area contributed by atoms with Crippen LogP contribution in [0.3, 0.4) is 0 Å². The molecule has 0 aliphatic rings. The first kappa shape index (κ1) is 13.2. The molecule has 102 valence electrons. The van der Waals surface area contributed by atoms with Gasteiger partial charge in [-0.05, 0) is 6.92 Å². The van der Waals surface area contributed by atoms with Gasteiger partial charge in [-0.2, -0.15) is 0 Å². The Morgan fingerprint density at radius 2 is 1.95 bits per heavy atom. The van der Waals surface area contributed by atoms with Crippen LogP contribution in [0.1, 0.15) is 16.9 Å². The minimum absolute atomic E-state index is 0.751. The van der Waals surface area contributed by atoms with E-state index in [4.69, 9.17) is 0 Å². The molecule has 0 aliphatic carbocycles. The van der Waals surface area contributed by atoms with E-state index in [2.05, 4.69) is 38.0 Å².